The molecule has 1 N–H and O–H groups in total. The van der Waals surface area contributed by atoms with Gasteiger partial charge in [-0.25, -0.2) is 9.73 Å². The van der Waals surface area contributed by atoms with Crippen LogP contribution in [-0.2, 0) is 20.3 Å². The van der Waals surface area contributed by atoms with Crippen LogP contribution in [0.4, 0.5) is 0 Å². The molecule has 4 bridgehead atoms. The fourth-order valence-electron chi connectivity index (χ4n) is 6.42. The summed E-state index contributed by atoms with van der Waals surface area (Å²) in [5, 5.41) is 10.8. The molecule has 5 nitrogen and oxygen atoms in total. The lowest BCUT2D eigenvalue weighted by molar-refractivity contribution is -0.645. The van der Waals surface area contributed by atoms with Crippen LogP contribution in [-0.4, -0.2) is 17.8 Å². The van der Waals surface area contributed by atoms with Crippen molar-refractivity contribution in [2.45, 2.75) is 43.5 Å². The summed E-state index contributed by atoms with van der Waals surface area (Å²) >= 11 is 6.57. The second-order valence-electron chi connectivity index (χ2n) is 8.39. The van der Waals surface area contributed by atoms with Crippen molar-refractivity contribution in [1.82, 2.24) is 0 Å². The van der Waals surface area contributed by atoms with Crippen molar-refractivity contribution in [3.8, 4) is 5.75 Å². The standard InChI is InChI=1S/C21H22ClNO4/c1-23-6-5-14-3-4-17(18(22)19(14)24)21(25-2)20(26-27-21)15-8-12-7-13(10-15)11-16(20)9-12/h3-6,12-13,15-16,24H,7-11H2,2H3/b6-5+. The number of hydrogen-bond donors (Lipinski definition) is 1. The molecule has 0 aromatic heterocycles. The molecule has 0 radical (unpaired) electrons. The molecule has 6 heteroatoms. The van der Waals surface area contributed by atoms with Crippen molar-refractivity contribution in [2.75, 3.05) is 7.11 Å². The number of phenolic OH excluding ortho intramolecular Hbond substituents is 1. The Morgan fingerprint density at radius 1 is 1.19 bits per heavy atom. The number of benzene rings is 1. The molecule has 4 saturated carbocycles. The zero-order valence-corrected chi connectivity index (χ0v) is 15.9. The lowest BCUT2D eigenvalue weighted by Gasteiger charge is -2.68. The first kappa shape index (κ1) is 17.5. The fourth-order valence-corrected chi connectivity index (χ4v) is 6.71. The van der Waals surface area contributed by atoms with E-state index >= 15 is 0 Å². The second-order valence-corrected chi connectivity index (χ2v) is 8.77. The van der Waals surface area contributed by atoms with E-state index in [9.17, 15) is 5.11 Å². The molecule has 6 rings (SSSR count). The highest BCUT2D eigenvalue weighted by Gasteiger charge is 2.77. The van der Waals surface area contributed by atoms with Gasteiger partial charge in [0.2, 0.25) is 0 Å². The van der Waals surface area contributed by atoms with Crippen molar-refractivity contribution >= 4 is 17.7 Å². The lowest BCUT2D eigenvalue weighted by atomic mass is 9.47. The molecule has 27 heavy (non-hydrogen) atoms. The van der Waals surface area contributed by atoms with Gasteiger partial charge in [0.15, 0.2) is 11.8 Å². The molecule has 4 aliphatic carbocycles. The summed E-state index contributed by atoms with van der Waals surface area (Å²) in [5.74, 6) is 1.14. The van der Waals surface area contributed by atoms with Crippen molar-refractivity contribution < 1.29 is 19.6 Å². The predicted octanol–water partition coefficient (Wildman–Crippen LogP) is 4.89. The Balaban J connectivity index is 1.60. The maximum atomic E-state index is 10.6. The fraction of sp³-hybridized carbons (Fsp3) is 0.571. The molecule has 1 aromatic carbocycles. The highest BCUT2D eigenvalue weighted by molar-refractivity contribution is 6.33. The summed E-state index contributed by atoms with van der Waals surface area (Å²) in [7, 11) is 1.62. The molecule has 1 atom stereocenters. The van der Waals surface area contributed by atoms with Crippen molar-refractivity contribution in [3.63, 3.8) is 0 Å². The second kappa shape index (κ2) is 5.96. The van der Waals surface area contributed by atoms with Gasteiger partial charge in [-0.3, -0.25) is 0 Å². The first-order valence-electron chi connectivity index (χ1n) is 9.52. The predicted molar refractivity (Wildman–Crippen MR) is 99.4 cm³/mol. The monoisotopic (exact) mass is 387 g/mol. The number of methoxy groups -OCH3 is 1. The van der Waals surface area contributed by atoms with E-state index in [2.05, 4.69) is 4.85 Å². The van der Waals surface area contributed by atoms with Crippen LogP contribution < -0.4 is 0 Å². The highest BCUT2D eigenvalue weighted by Crippen LogP contribution is 2.70. The SMILES string of the molecule is [C-]#[N+]/C=C/c1ccc(C2(OC)OOC23C2CC4CC(C2)CC3C4)c(Cl)c1O. The molecule has 5 fully saturated rings. The van der Waals surface area contributed by atoms with E-state index in [0.717, 1.165) is 37.5 Å². The summed E-state index contributed by atoms with van der Waals surface area (Å²) in [5.41, 5.74) is 0.548. The maximum Gasteiger partial charge on any atom is 0.262 e. The zero-order chi connectivity index (χ0) is 18.8. The number of phenols is 1. The third kappa shape index (κ3) is 2.10. The maximum absolute atomic E-state index is 10.6. The van der Waals surface area contributed by atoms with E-state index in [1.165, 1.54) is 18.7 Å². The molecule has 142 valence electrons. The molecule has 5 aliphatic rings. The van der Waals surface area contributed by atoms with Crippen LogP contribution in [0.3, 0.4) is 0 Å². The van der Waals surface area contributed by atoms with Crippen LogP contribution >= 0.6 is 11.6 Å². The van der Waals surface area contributed by atoms with Crippen molar-refractivity contribution in [3.05, 3.63) is 45.9 Å². The van der Waals surface area contributed by atoms with Gasteiger partial charge in [-0.1, -0.05) is 29.8 Å². The van der Waals surface area contributed by atoms with Crippen LogP contribution in [0.25, 0.3) is 10.9 Å². The van der Waals surface area contributed by atoms with E-state index in [-0.39, 0.29) is 10.8 Å². The number of aromatic hydroxyl groups is 1. The van der Waals surface area contributed by atoms with E-state index in [4.69, 9.17) is 32.7 Å². The zero-order valence-electron chi connectivity index (χ0n) is 15.2. The van der Waals surface area contributed by atoms with Gasteiger partial charge in [-0.2, -0.15) is 4.89 Å². The Morgan fingerprint density at radius 3 is 2.37 bits per heavy atom. The van der Waals surface area contributed by atoms with E-state index in [1.54, 1.807) is 13.2 Å². The Labute approximate surface area is 163 Å². The van der Waals surface area contributed by atoms with Gasteiger partial charge in [0.1, 0.15) is 5.75 Å². The molecule has 1 aliphatic heterocycles. The third-order valence-corrected chi connectivity index (χ3v) is 7.66. The summed E-state index contributed by atoms with van der Waals surface area (Å²) < 4.78 is 5.99. The van der Waals surface area contributed by atoms with Gasteiger partial charge in [0.25, 0.3) is 5.79 Å². The van der Waals surface area contributed by atoms with Gasteiger partial charge < -0.3 is 9.84 Å². The molecule has 1 unspecified atom stereocenters. The van der Waals surface area contributed by atoms with E-state index in [1.807, 2.05) is 6.07 Å². The van der Waals surface area contributed by atoms with Crippen LogP contribution in [0.1, 0.15) is 43.2 Å². The quantitative estimate of drug-likeness (QED) is 0.592. The normalized spacial score (nSPS) is 41.8. The molecule has 1 saturated heterocycles. The summed E-state index contributed by atoms with van der Waals surface area (Å²) in [6.45, 7) is 6.87. The number of nitrogens with zero attached hydrogens (tertiary/aromatic N) is 1. The first-order chi connectivity index (χ1) is 13.1. The van der Waals surface area contributed by atoms with Gasteiger partial charge >= 0.3 is 0 Å². The molecule has 1 aromatic rings. The van der Waals surface area contributed by atoms with Gasteiger partial charge in [-0.15, -0.1) is 0 Å². The highest BCUT2D eigenvalue weighted by atomic mass is 35.5. The Bertz CT molecular complexity index is 828. The summed E-state index contributed by atoms with van der Waals surface area (Å²) in [6, 6.07) is 3.56. The number of halogens is 1. The van der Waals surface area contributed by atoms with Crippen LogP contribution in [0, 0.1) is 30.2 Å². The first-order valence-corrected chi connectivity index (χ1v) is 9.90. The lowest BCUT2D eigenvalue weighted by Crippen LogP contribution is -2.76. The van der Waals surface area contributed by atoms with Gasteiger partial charge in [-0.05, 0) is 55.8 Å². The number of ether oxygens (including phenoxy) is 1. The largest absolute Gasteiger partial charge is 0.506 e. The van der Waals surface area contributed by atoms with Crippen LogP contribution in [0.5, 0.6) is 5.75 Å². The topological polar surface area (TPSA) is 52.3 Å². The third-order valence-electron chi connectivity index (χ3n) is 7.28. The number of hydrogen-bond acceptors (Lipinski definition) is 4. The Hall–Kier alpha value is -1.58. The molecular weight excluding hydrogens is 366 g/mol. The minimum absolute atomic E-state index is 0.0695. The van der Waals surface area contributed by atoms with Crippen molar-refractivity contribution in [1.29, 1.82) is 0 Å². The van der Waals surface area contributed by atoms with E-state index in [0.29, 0.717) is 23.0 Å². The van der Waals surface area contributed by atoms with Crippen molar-refractivity contribution in [2.24, 2.45) is 23.7 Å². The Kier molecular flexibility index (Phi) is 3.86. The van der Waals surface area contributed by atoms with Gasteiger partial charge in [0, 0.05) is 18.2 Å². The average Bonchev–Trinajstić information content (AvgIpc) is 2.64. The molecular formula is C21H22ClNO4. The smallest absolute Gasteiger partial charge is 0.262 e. The van der Waals surface area contributed by atoms with E-state index < -0.39 is 11.4 Å². The summed E-state index contributed by atoms with van der Waals surface area (Å²) in [4.78, 5) is 14.8. The van der Waals surface area contributed by atoms with Gasteiger partial charge in [0.05, 0.1) is 11.6 Å². The summed E-state index contributed by atoms with van der Waals surface area (Å²) in [6.07, 6.45) is 8.71. The molecule has 1 heterocycles. The average molecular weight is 388 g/mol. The Morgan fingerprint density at radius 2 is 1.85 bits per heavy atom. The minimum atomic E-state index is -1.10. The van der Waals surface area contributed by atoms with Crippen LogP contribution in [0.2, 0.25) is 5.02 Å². The minimum Gasteiger partial charge on any atom is -0.506 e. The van der Waals surface area contributed by atoms with Crippen LogP contribution in [0.15, 0.2) is 18.3 Å². The molecule has 1 spiro atoms. The number of rotatable bonds is 3. The molecule has 0 amide bonds.